The van der Waals surface area contributed by atoms with Crippen LogP contribution in [-0.4, -0.2) is 40.4 Å². The summed E-state index contributed by atoms with van der Waals surface area (Å²) in [6.07, 6.45) is 3.27. The first-order valence-corrected chi connectivity index (χ1v) is 11.6. The van der Waals surface area contributed by atoms with Gasteiger partial charge in [0.05, 0.1) is 17.3 Å². The van der Waals surface area contributed by atoms with Crippen molar-refractivity contribution in [2.75, 3.05) is 0 Å². The summed E-state index contributed by atoms with van der Waals surface area (Å²) < 4.78 is 51.8. The summed E-state index contributed by atoms with van der Waals surface area (Å²) >= 11 is 0. The minimum atomic E-state index is -3.15. The molecule has 0 unspecified atom stereocenters. The molecule has 0 saturated carbocycles. The number of aryl methyl sites for hydroxylation is 1. The van der Waals surface area contributed by atoms with E-state index < -0.39 is 29.1 Å². The van der Waals surface area contributed by atoms with E-state index in [0.29, 0.717) is 11.3 Å². The van der Waals surface area contributed by atoms with Crippen molar-refractivity contribution in [2.45, 2.75) is 39.2 Å². The van der Waals surface area contributed by atoms with Crippen molar-refractivity contribution >= 4 is 11.4 Å². The van der Waals surface area contributed by atoms with Crippen molar-refractivity contribution in [1.82, 2.24) is 39.8 Å². The molecule has 0 saturated heterocycles. The van der Waals surface area contributed by atoms with Gasteiger partial charge in [-0.2, -0.15) is 15.2 Å². The molecule has 38 heavy (non-hydrogen) atoms. The highest BCUT2D eigenvalue weighted by Gasteiger charge is 2.26. The standard InChI is InChI=1S/C25H23F3N8O2/c1-25(2,3)24-33-23(38-34-24)22(37)29-8-13-5-6-16(19(26)18(13)21(27)28)20-17-7-14(11-36(17)32-12-30-20)15-9-31-35(4)10-15/h5-7,9-12,21H,8H2,1-4H3,(H,29,37). The van der Waals surface area contributed by atoms with Gasteiger partial charge >= 0.3 is 11.8 Å². The molecule has 5 rings (SSSR count). The SMILES string of the molecule is Cn1cc(-c2cc3c(-c4ccc(CNC(=O)c5nc(C(C)(C)C)no5)c(C(F)F)c4F)ncnn3c2)cn1. The van der Waals surface area contributed by atoms with E-state index in [9.17, 15) is 13.6 Å². The molecule has 5 aromatic rings. The van der Waals surface area contributed by atoms with Crippen LogP contribution < -0.4 is 5.32 Å². The molecule has 4 aromatic heterocycles. The van der Waals surface area contributed by atoms with Crippen molar-refractivity contribution < 1.29 is 22.5 Å². The van der Waals surface area contributed by atoms with Gasteiger partial charge in [-0.25, -0.2) is 22.7 Å². The van der Waals surface area contributed by atoms with Crippen LogP contribution in [0.2, 0.25) is 0 Å². The Morgan fingerprint density at radius 1 is 1.16 bits per heavy atom. The van der Waals surface area contributed by atoms with Gasteiger partial charge in [0.1, 0.15) is 17.8 Å². The number of aromatic nitrogens is 7. The molecular formula is C25H23F3N8O2. The van der Waals surface area contributed by atoms with Gasteiger partial charge in [-0.1, -0.05) is 32.0 Å². The number of fused-ring (bicyclic) bond motifs is 1. The Balaban J connectivity index is 1.46. The second-order valence-electron chi connectivity index (χ2n) is 9.73. The lowest BCUT2D eigenvalue weighted by Crippen LogP contribution is -2.24. The molecule has 1 N–H and O–H groups in total. The summed E-state index contributed by atoms with van der Waals surface area (Å²) in [6, 6.07) is 4.42. The first-order valence-electron chi connectivity index (χ1n) is 11.6. The maximum absolute atomic E-state index is 15.6. The zero-order chi connectivity index (χ0) is 27.2. The zero-order valence-electron chi connectivity index (χ0n) is 20.9. The molecule has 196 valence electrons. The number of nitrogens with one attached hydrogen (secondary N) is 1. The molecule has 0 spiro atoms. The van der Waals surface area contributed by atoms with Gasteiger partial charge in [0.25, 0.3) is 6.43 Å². The molecule has 0 atom stereocenters. The number of hydrogen-bond donors (Lipinski definition) is 1. The Labute approximate surface area is 214 Å². The highest BCUT2D eigenvalue weighted by molar-refractivity contribution is 5.89. The Morgan fingerprint density at radius 3 is 2.61 bits per heavy atom. The molecule has 1 aromatic carbocycles. The Hall–Kier alpha value is -4.55. The first kappa shape index (κ1) is 25.1. The fourth-order valence-electron chi connectivity index (χ4n) is 3.94. The highest BCUT2D eigenvalue weighted by atomic mass is 19.3. The van der Waals surface area contributed by atoms with Crippen LogP contribution in [0.15, 0.2) is 47.6 Å². The van der Waals surface area contributed by atoms with Crippen LogP contribution in [0, 0.1) is 5.82 Å². The fraction of sp³-hybridized carbons (Fsp3) is 0.280. The third-order valence-corrected chi connectivity index (χ3v) is 5.92. The largest absolute Gasteiger partial charge is 0.344 e. The normalized spacial score (nSPS) is 12.0. The maximum Gasteiger partial charge on any atom is 0.315 e. The lowest BCUT2D eigenvalue weighted by molar-refractivity contribution is 0.0905. The molecule has 0 bridgehead atoms. The highest BCUT2D eigenvalue weighted by Crippen LogP contribution is 2.35. The average molecular weight is 525 g/mol. The van der Waals surface area contributed by atoms with E-state index >= 15 is 4.39 Å². The summed E-state index contributed by atoms with van der Waals surface area (Å²) in [5, 5.41) is 14.5. The maximum atomic E-state index is 15.6. The Kier molecular flexibility index (Phi) is 6.21. The van der Waals surface area contributed by atoms with Crippen LogP contribution in [0.3, 0.4) is 0 Å². The molecule has 13 heteroatoms. The van der Waals surface area contributed by atoms with E-state index in [0.717, 1.165) is 11.1 Å². The molecule has 0 aliphatic carbocycles. The fourth-order valence-corrected chi connectivity index (χ4v) is 3.94. The van der Waals surface area contributed by atoms with Crippen LogP contribution in [0.25, 0.3) is 27.9 Å². The van der Waals surface area contributed by atoms with E-state index in [2.05, 4.69) is 30.6 Å². The second-order valence-corrected chi connectivity index (χ2v) is 9.73. The number of carbonyl (C=O) groups excluding carboxylic acids is 1. The van der Waals surface area contributed by atoms with Crippen molar-refractivity contribution in [3.05, 3.63) is 71.8 Å². The van der Waals surface area contributed by atoms with Gasteiger partial charge in [0, 0.05) is 48.1 Å². The number of alkyl halides is 2. The van der Waals surface area contributed by atoms with Crippen molar-refractivity contribution in [2.24, 2.45) is 7.05 Å². The van der Waals surface area contributed by atoms with Crippen molar-refractivity contribution in [3.63, 3.8) is 0 Å². The molecular weight excluding hydrogens is 501 g/mol. The van der Waals surface area contributed by atoms with Gasteiger partial charge in [-0.05, 0) is 17.7 Å². The van der Waals surface area contributed by atoms with Gasteiger partial charge in [0.15, 0.2) is 5.82 Å². The number of amides is 1. The van der Waals surface area contributed by atoms with Crippen LogP contribution in [0.4, 0.5) is 13.2 Å². The minimum absolute atomic E-state index is 0.0957. The Morgan fingerprint density at radius 2 is 1.95 bits per heavy atom. The number of nitrogens with zero attached hydrogens (tertiary/aromatic N) is 7. The molecule has 10 nitrogen and oxygen atoms in total. The number of rotatable bonds is 6. The van der Waals surface area contributed by atoms with Gasteiger partial charge in [-0.15, -0.1) is 0 Å². The summed E-state index contributed by atoms with van der Waals surface area (Å²) in [5.41, 5.74) is 0.633. The molecule has 0 radical (unpaired) electrons. The summed E-state index contributed by atoms with van der Waals surface area (Å²) in [4.78, 5) is 20.7. The average Bonchev–Trinajstić information content (AvgIpc) is 3.60. The smallest absolute Gasteiger partial charge is 0.315 e. The van der Waals surface area contributed by atoms with Crippen LogP contribution in [0.1, 0.15) is 54.8 Å². The van der Waals surface area contributed by atoms with Crippen LogP contribution in [-0.2, 0) is 19.0 Å². The van der Waals surface area contributed by atoms with Crippen LogP contribution >= 0.6 is 0 Å². The van der Waals surface area contributed by atoms with E-state index in [1.165, 1.54) is 23.0 Å². The molecule has 0 aliphatic heterocycles. The third kappa shape index (κ3) is 4.62. The topological polar surface area (TPSA) is 116 Å². The number of benzene rings is 1. The summed E-state index contributed by atoms with van der Waals surface area (Å²) in [7, 11) is 1.78. The van der Waals surface area contributed by atoms with Gasteiger partial charge in [-0.3, -0.25) is 9.48 Å². The van der Waals surface area contributed by atoms with Gasteiger partial charge in [0.2, 0.25) is 0 Å². The number of halogens is 3. The molecule has 1 amide bonds. The number of hydrogen-bond acceptors (Lipinski definition) is 7. The van der Waals surface area contributed by atoms with Gasteiger partial charge < -0.3 is 9.84 Å². The van der Waals surface area contributed by atoms with E-state index in [1.807, 2.05) is 20.8 Å². The summed E-state index contributed by atoms with van der Waals surface area (Å²) in [5.74, 6) is -1.89. The molecule has 0 aliphatic rings. The zero-order valence-corrected chi connectivity index (χ0v) is 20.9. The predicted molar refractivity (Wildman–Crippen MR) is 130 cm³/mol. The minimum Gasteiger partial charge on any atom is -0.344 e. The monoisotopic (exact) mass is 524 g/mol. The third-order valence-electron chi connectivity index (χ3n) is 5.92. The van der Waals surface area contributed by atoms with Crippen molar-refractivity contribution in [3.8, 4) is 22.4 Å². The summed E-state index contributed by atoms with van der Waals surface area (Å²) in [6.45, 7) is 5.16. The van der Waals surface area contributed by atoms with Crippen molar-refractivity contribution in [1.29, 1.82) is 0 Å². The quantitative estimate of drug-likeness (QED) is 0.348. The predicted octanol–water partition coefficient (Wildman–Crippen LogP) is 4.48. The molecule has 4 heterocycles. The first-order chi connectivity index (χ1) is 18.0. The van der Waals surface area contributed by atoms with E-state index in [-0.39, 0.29) is 29.3 Å². The number of carbonyl (C=O) groups is 1. The van der Waals surface area contributed by atoms with E-state index in [4.69, 9.17) is 4.52 Å². The lowest BCUT2D eigenvalue weighted by Gasteiger charge is -2.14. The second kappa shape index (κ2) is 9.39. The van der Waals surface area contributed by atoms with Crippen LogP contribution in [0.5, 0.6) is 0 Å². The van der Waals surface area contributed by atoms with E-state index in [1.54, 1.807) is 36.4 Å². The molecule has 0 fully saturated rings. The lowest BCUT2D eigenvalue weighted by atomic mass is 9.96. The Bertz CT molecular complexity index is 1650.